The van der Waals surface area contributed by atoms with E-state index >= 15 is 0 Å². The van der Waals surface area contributed by atoms with Crippen molar-refractivity contribution in [1.29, 1.82) is 0 Å². The van der Waals surface area contributed by atoms with Crippen molar-refractivity contribution in [2.75, 3.05) is 7.11 Å². The number of hydrogen-bond donors (Lipinski definition) is 1. The van der Waals surface area contributed by atoms with Gasteiger partial charge in [-0.15, -0.1) is 0 Å². The van der Waals surface area contributed by atoms with Gasteiger partial charge >= 0.3 is 5.97 Å². The number of hydrogen-bond acceptors (Lipinski definition) is 3. The Kier molecular flexibility index (Phi) is 2.40. The maximum Gasteiger partial charge on any atom is 0.325 e. The molecule has 4 heteroatoms. The van der Waals surface area contributed by atoms with Crippen molar-refractivity contribution < 1.29 is 14.3 Å². The quantitative estimate of drug-likeness (QED) is 0.382. The Morgan fingerprint density at radius 3 is 2.54 bits per heavy atom. The molecule has 1 fully saturated rings. The lowest BCUT2D eigenvalue weighted by Crippen LogP contribution is -2.43. The van der Waals surface area contributed by atoms with E-state index in [1.165, 1.54) is 7.11 Å². The number of esters is 1. The fourth-order valence-electron chi connectivity index (χ4n) is 1.78. The van der Waals surface area contributed by atoms with Gasteiger partial charge in [0.15, 0.2) is 5.41 Å². The minimum atomic E-state index is -1.26. The van der Waals surface area contributed by atoms with Crippen molar-refractivity contribution in [3.63, 3.8) is 0 Å². The van der Waals surface area contributed by atoms with Gasteiger partial charge in [-0.25, -0.2) is 0 Å². The van der Waals surface area contributed by atoms with Crippen molar-refractivity contribution in [3.05, 3.63) is 12.2 Å². The summed E-state index contributed by atoms with van der Waals surface area (Å²) in [5, 5.41) is 0. The molecular weight excluding hydrogens is 170 g/mol. The summed E-state index contributed by atoms with van der Waals surface area (Å²) in [5.41, 5.74) is 4.52. The van der Waals surface area contributed by atoms with Crippen molar-refractivity contribution in [2.24, 2.45) is 11.1 Å². The van der Waals surface area contributed by atoms with Crippen LogP contribution in [0.3, 0.4) is 0 Å². The molecule has 0 aromatic rings. The van der Waals surface area contributed by atoms with Crippen LogP contribution in [0.1, 0.15) is 19.3 Å². The average molecular weight is 183 g/mol. The molecule has 0 aromatic heterocycles. The molecule has 0 saturated heterocycles. The summed E-state index contributed by atoms with van der Waals surface area (Å²) in [7, 11) is 1.25. The Morgan fingerprint density at radius 2 is 2.23 bits per heavy atom. The first-order valence-electron chi connectivity index (χ1n) is 4.12. The SMILES string of the molecule is C=C1CCC[C@@]1(C(N)=O)C(=O)OC. The first-order valence-corrected chi connectivity index (χ1v) is 4.12. The van der Waals surface area contributed by atoms with Gasteiger partial charge in [-0.1, -0.05) is 12.2 Å². The van der Waals surface area contributed by atoms with Crippen LogP contribution in [-0.4, -0.2) is 19.0 Å². The fraction of sp³-hybridized carbons (Fsp3) is 0.556. The zero-order valence-corrected chi connectivity index (χ0v) is 7.63. The minimum Gasteiger partial charge on any atom is -0.468 e. The zero-order valence-electron chi connectivity index (χ0n) is 7.63. The molecule has 0 heterocycles. The Labute approximate surface area is 76.7 Å². The molecule has 0 bridgehead atoms. The van der Waals surface area contributed by atoms with Crippen molar-refractivity contribution >= 4 is 11.9 Å². The second kappa shape index (κ2) is 3.20. The standard InChI is InChI=1S/C9H13NO3/c1-6-4-3-5-9(6,7(10)11)8(12)13-2/h1,3-5H2,2H3,(H2,10,11)/t9-/m1/s1. The maximum atomic E-state index is 11.4. The number of ether oxygens (including phenoxy) is 1. The van der Waals surface area contributed by atoms with Gasteiger partial charge < -0.3 is 10.5 Å². The molecule has 0 aromatic carbocycles. The van der Waals surface area contributed by atoms with Crippen LogP contribution >= 0.6 is 0 Å². The first-order chi connectivity index (χ1) is 6.05. The Balaban J connectivity index is 3.08. The summed E-state index contributed by atoms with van der Waals surface area (Å²) in [5.74, 6) is -1.23. The highest BCUT2D eigenvalue weighted by Gasteiger charge is 2.50. The van der Waals surface area contributed by atoms with Crippen LogP contribution in [-0.2, 0) is 14.3 Å². The highest BCUT2D eigenvalue weighted by Crippen LogP contribution is 2.42. The number of carbonyl (C=O) groups is 2. The third kappa shape index (κ3) is 1.22. The van der Waals surface area contributed by atoms with E-state index in [4.69, 9.17) is 5.73 Å². The lowest BCUT2D eigenvalue weighted by molar-refractivity contribution is -0.154. The summed E-state index contributed by atoms with van der Waals surface area (Å²) >= 11 is 0. The molecule has 72 valence electrons. The summed E-state index contributed by atoms with van der Waals surface area (Å²) in [4.78, 5) is 22.6. The zero-order chi connectivity index (χ0) is 10.1. The third-order valence-corrected chi connectivity index (χ3v) is 2.59. The van der Waals surface area contributed by atoms with Crippen LogP contribution in [0, 0.1) is 5.41 Å². The van der Waals surface area contributed by atoms with Gasteiger partial charge in [-0.2, -0.15) is 0 Å². The second-order valence-electron chi connectivity index (χ2n) is 3.22. The Bertz CT molecular complexity index is 272. The number of rotatable bonds is 2. The van der Waals surface area contributed by atoms with E-state index < -0.39 is 17.3 Å². The molecule has 4 nitrogen and oxygen atoms in total. The first kappa shape index (κ1) is 9.77. The van der Waals surface area contributed by atoms with E-state index in [-0.39, 0.29) is 0 Å². The molecule has 0 unspecified atom stereocenters. The molecule has 0 radical (unpaired) electrons. The maximum absolute atomic E-state index is 11.4. The van der Waals surface area contributed by atoms with Crippen molar-refractivity contribution in [2.45, 2.75) is 19.3 Å². The fourth-order valence-corrected chi connectivity index (χ4v) is 1.78. The Hall–Kier alpha value is -1.32. The second-order valence-corrected chi connectivity index (χ2v) is 3.22. The van der Waals surface area contributed by atoms with Crippen LogP contribution in [0.15, 0.2) is 12.2 Å². The lowest BCUT2D eigenvalue weighted by Gasteiger charge is -2.23. The van der Waals surface area contributed by atoms with Gasteiger partial charge in [0.1, 0.15) is 0 Å². The smallest absolute Gasteiger partial charge is 0.325 e. The molecule has 2 N–H and O–H groups in total. The van der Waals surface area contributed by atoms with Crippen LogP contribution in [0.2, 0.25) is 0 Å². The van der Waals surface area contributed by atoms with E-state index in [2.05, 4.69) is 11.3 Å². The van der Waals surface area contributed by atoms with Crippen molar-refractivity contribution in [3.8, 4) is 0 Å². The number of primary amides is 1. The Morgan fingerprint density at radius 1 is 1.62 bits per heavy atom. The van der Waals surface area contributed by atoms with Crippen LogP contribution in [0.4, 0.5) is 0 Å². The molecule has 1 amide bonds. The number of nitrogens with two attached hydrogens (primary N) is 1. The molecule has 1 aliphatic carbocycles. The summed E-state index contributed by atoms with van der Waals surface area (Å²) in [6.07, 6.45) is 1.85. The topological polar surface area (TPSA) is 69.4 Å². The minimum absolute atomic E-state index is 0.424. The van der Waals surface area contributed by atoms with Crippen LogP contribution in [0.25, 0.3) is 0 Å². The third-order valence-electron chi connectivity index (χ3n) is 2.59. The van der Waals surface area contributed by atoms with Gasteiger partial charge in [0, 0.05) is 0 Å². The van der Waals surface area contributed by atoms with Crippen molar-refractivity contribution in [1.82, 2.24) is 0 Å². The monoisotopic (exact) mass is 183 g/mol. The lowest BCUT2D eigenvalue weighted by atomic mass is 9.82. The molecule has 1 saturated carbocycles. The molecule has 1 rings (SSSR count). The van der Waals surface area contributed by atoms with Crippen LogP contribution < -0.4 is 5.73 Å². The van der Waals surface area contributed by atoms with E-state index in [1.54, 1.807) is 0 Å². The molecule has 1 atom stereocenters. The van der Waals surface area contributed by atoms with Gasteiger partial charge in [0.25, 0.3) is 0 Å². The predicted molar refractivity (Wildman–Crippen MR) is 46.6 cm³/mol. The highest BCUT2D eigenvalue weighted by molar-refractivity contribution is 6.05. The average Bonchev–Trinajstić information content (AvgIpc) is 2.47. The predicted octanol–water partition coefficient (Wildman–Crippen LogP) is 0.371. The normalized spacial score (nSPS) is 27.3. The molecule has 0 spiro atoms. The van der Waals surface area contributed by atoms with Crippen LogP contribution in [0.5, 0.6) is 0 Å². The van der Waals surface area contributed by atoms with E-state index in [9.17, 15) is 9.59 Å². The molecule has 1 aliphatic rings. The van der Waals surface area contributed by atoms with E-state index in [0.717, 1.165) is 6.42 Å². The summed E-state index contributed by atoms with van der Waals surface area (Å²) < 4.78 is 4.57. The number of methoxy groups -OCH3 is 1. The van der Waals surface area contributed by atoms with Gasteiger partial charge in [0.2, 0.25) is 5.91 Å². The molecule has 0 aliphatic heterocycles. The van der Waals surface area contributed by atoms with E-state index in [0.29, 0.717) is 18.4 Å². The molecule has 13 heavy (non-hydrogen) atoms. The summed E-state index contributed by atoms with van der Waals surface area (Å²) in [6.45, 7) is 3.70. The van der Waals surface area contributed by atoms with Gasteiger partial charge in [-0.3, -0.25) is 9.59 Å². The highest BCUT2D eigenvalue weighted by atomic mass is 16.5. The molecular formula is C9H13NO3. The van der Waals surface area contributed by atoms with Gasteiger partial charge in [-0.05, 0) is 19.3 Å². The number of amides is 1. The largest absolute Gasteiger partial charge is 0.468 e. The van der Waals surface area contributed by atoms with Gasteiger partial charge in [0.05, 0.1) is 7.11 Å². The number of carbonyl (C=O) groups excluding carboxylic acids is 2. The summed E-state index contributed by atoms with van der Waals surface area (Å²) in [6, 6.07) is 0. The van der Waals surface area contributed by atoms with E-state index in [1.807, 2.05) is 0 Å².